The summed E-state index contributed by atoms with van der Waals surface area (Å²) in [5.41, 5.74) is 3.13. The zero-order valence-corrected chi connectivity index (χ0v) is 8.84. The van der Waals surface area contributed by atoms with Crippen LogP contribution in [0.15, 0.2) is 6.20 Å². The molecule has 0 saturated heterocycles. The maximum atomic E-state index is 12.7. The third-order valence-corrected chi connectivity index (χ3v) is 2.03. The highest BCUT2D eigenvalue weighted by Gasteiger charge is 2.35. The van der Waals surface area contributed by atoms with Crippen molar-refractivity contribution in [3.05, 3.63) is 23.0 Å². The molecule has 0 aromatic carbocycles. The Hall–Kier alpha value is -1.48. The van der Waals surface area contributed by atoms with Gasteiger partial charge in [-0.1, -0.05) is 0 Å². The van der Waals surface area contributed by atoms with Crippen molar-refractivity contribution in [3.8, 4) is 5.75 Å². The minimum absolute atomic E-state index is 0.320. The summed E-state index contributed by atoms with van der Waals surface area (Å²) < 4.78 is 65.4. The normalized spacial score (nSPS) is 12.0. The number of aliphatic hydroxyl groups excluding tert-OH is 1. The van der Waals surface area contributed by atoms with Crippen molar-refractivity contribution in [2.24, 2.45) is 5.73 Å². The van der Waals surface area contributed by atoms with E-state index in [1.54, 1.807) is 0 Å². The third-order valence-electron chi connectivity index (χ3n) is 2.03. The fraction of sp³-hybridized carbons (Fsp3) is 0.444. The molecule has 0 atom stereocenters. The summed E-state index contributed by atoms with van der Waals surface area (Å²) in [6.45, 7) is -1.39. The number of hydrogen-bond donors (Lipinski definition) is 2. The summed E-state index contributed by atoms with van der Waals surface area (Å²) in [7, 11) is 0. The molecule has 1 aromatic rings. The molecule has 1 heterocycles. The standard InChI is InChI=1S/C9H9F5N2O2/c10-8(11)6-5(3-17)16-2-4(1-15)7(6)18-9(12,13)14/h2,8,17H,1,3,15H2. The van der Waals surface area contributed by atoms with Gasteiger partial charge in [-0.2, -0.15) is 0 Å². The Morgan fingerprint density at radius 1 is 1.39 bits per heavy atom. The zero-order chi connectivity index (χ0) is 13.9. The Kier molecular flexibility index (Phi) is 4.41. The van der Waals surface area contributed by atoms with Crippen molar-refractivity contribution in [1.82, 2.24) is 4.98 Å². The molecule has 0 amide bonds. The first kappa shape index (κ1) is 14.6. The largest absolute Gasteiger partial charge is 0.573 e. The number of halogens is 5. The molecule has 102 valence electrons. The van der Waals surface area contributed by atoms with E-state index in [0.717, 1.165) is 6.20 Å². The highest BCUT2D eigenvalue weighted by Crippen LogP contribution is 2.37. The summed E-state index contributed by atoms with van der Waals surface area (Å²) in [5.74, 6) is -1.10. The zero-order valence-electron chi connectivity index (χ0n) is 8.84. The van der Waals surface area contributed by atoms with Crippen molar-refractivity contribution in [2.45, 2.75) is 25.9 Å². The molecule has 18 heavy (non-hydrogen) atoms. The molecular weight excluding hydrogens is 263 g/mol. The van der Waals surface area contributed by atoms with Gasteiger partial charge in [0.2, 0.25) is 0 Å². The number of aliphatic hydroxyl groups is 1. The molecule has 0 bridgehead atoms. The van der Waals surface area contributed by atoms with E-state index in [9.17, 15) is 22.0 Å². The Bertz CT molecular complexity index is 422. The average molecular weight is 272 g/mol. The predicted octanol–water partition coefficient (Wildman–Crippen LogP) is 1.87. The van der Waals surface area contributed by atoms with Crippen molar-refractivity contribution in [3.63, 3.8) is 0 Å². The minimum atomic E-state index is -5.14. The smallest absolute Gasteiger partial charge is 0.405 e. The van der Waals surface area contributed by atoms with Gasteiger partial charge in [0, 0.05) is 18.3 Å². The van der Waals surface area contributed by atoms with Crippen LogP contribution in [0, 0.1) is 0 Å². The van der Waals surface area contributed by atoms with Gasteiger partial charge in [0.25, 0.3) is 6.43 Å². The quantitative estimate of drug-likeness (QED) is 0.821. The predicted molar refractivity (Wildman–Crippen MR) is 49.7 cm³/mol. The molecule has 0 saturated carbocycles. The monoisotopic (exact) mass is 272 g/mol. The van der Waals surface area contributed by atoms with Gasteiger partial charge < -0.3 is 15.6 Å². The van der Waals surface area contributed by atoms with Crippen LogP contribution in [-0.2, 0) is 13.2 Å². The molecule has 0 fully saturated rings. The number of ether oxygens (including phenoxy) is 1. The molecule has 3 N–H and O–H groups in total. The number of hydrogen-bond acceptors (Lipinski definition) is 4. The number of rotatable bonds is 4. The number of aromatic nitrogens is 1. The van der Waals surface area contributed by atoms with Gasteiger partial charge >= 0.3 is 6.36 Å². The highest BCUT2D eigenvalue weighted by molar-refractivity contribution is 5.43. The van der Waals surface area contributed by atoms with E-state index in [-0.39, 0.29) is 5.56 Å². The summed E-state index contributed by atoms with van der Waals surface area (Å²) in [4.78, 5) is 3.42. The molecule has 9 heteroatoms. The average Bonchev–Trinajstić information content (AvgIpc) is 2.25. The van der Waals surface area contributed by atoms with Gasteiger partial charge in [-0.3, -0.25) is 4.98 Å². The Morgan fingerprint density at radius 2 is 2.00 bits per heavy atom. The Balaban J connectivity index is 3.40. The lowest BCUT2D eigenvalue weighted by Crippen LogP contribution is -2.21. The molecule has 0 aliphatic rings. The molecule has 1 rings (SSSR count). The van der Waals surface area contributed by atoms with Crippen LogP contribution in [-0.4, -0.2) is 16.5 Å². The summed E-state index contributed by atoms with van der Waals surface area (Å²) >= 11 is 0. The van der Waals surface area contributed by atoms with Crippen LogP contribution in [0.3, 0.4) is 0 Å². The van der Waals surface area contributed by atoms with Crippen LogP contribution in [0.2, 0.25) is 0 Å². The van der Waals surface area contributed by atoms with Crippen molar-refractivity contribution in [2.75, 3.05) is 0 Å². The molecule has 0 radical (unpaired) electrons. The maximum absolute atomic E-state index is 12.7. The third kappa shape index (κ3) is 3.26. The van der Waals surface area contributed by atoms with Gasteiger partial charge in [-0.25, -0.2) is 8.78 Å². The van der Waals surface area contributed by atoms with Crippen LogP contribution in [0.25, 0.3) is 0 Å². The number of nitrogens with zero attached hydrogens (tertiary/aromatic N) is 1. The van der Waals surface area contributed by atoms with Gasteiger partial charge in [0.1, 0.15) is 5.75 Å². The van der Waals surface area contributed by atoms with E-state index in [0.29, 0.717) is 0 Å². The Morgan fingerprint density at radius 3 is 2.39 bits per heavy atom. The lowest BCUT2D eigenvalue weighted by Gasteiger charge is -2.17. The second-order valence-corrected chi connectivity index (χ2v) is 3.18. The second-order valence-electron chi connectivity index (χ2n) is 3.18. The first-order valence-electron chi connectivity index (χ1n) is 4.65. The van der Waals surface area contributed by atoms with E-state index in [4.69, 9.17) is 10.8 Å². The van der Waals surface area contributed by atoms with Crippen molar-refractivity contribution >= 4 is 0 Å². The SMILES string of the molecule is NCc1cnc(CO)c(C(F)F)c1OC(F)(F)F. The topological polar surface area (TPSA) is 68.4 Å². The molecular formula is C9H9F5N2O2. The fourth-order valence-corrected chi connectivity index (χ4v) is 1.32. The fourth-order valence-electron chi connectivity index (χ4n) is 1.32. The summed E-state index contributed by atoms with van der Waals surface area (Å²) in [5, 5.41) is 8.79. The van der Waals surface area contributed by atoms with Gasteiger partial charge in [0.05, 0.1) is 17.9 Å². The maximum Gasteiger partial charge on any atom is 0.573 e. The first-order valence-corrected chi connectivity index (χ1v) is 4.65. The van der Waals surface area contributed by atoms with Crippen molar-refractivity contribution in [1.29, 1.82) is 0 Å². The Labute approximate surface area is 98.2 Å². The lowest BCUT2D eigenvalue weighted by atomic mass is 10.1. The van der Waals surface area contributed by atoms with Crippen LogP contribution in [0.4, 0.5) is 22.0 Å². The molecule has 0 aliphatic heterocycles. The van der Waals surface area contributed by atoms with Crippen LogP contribution < -0.4 is 10.5 Å². The molecule has 0 spiro atoms. The van der Waals surface area contributed by atoms with E-state index in [1.807, 2.05) is 0 Å². The highest BCUT2D eigenvalue weighted by atomic mass is 19.4. The van der Waals surface area contributed by atoms with E-state index >= 15 is 0 Å². The summed E-state index contributed by atoms with van der Waals surface area (Å²) in [6, 6.07) is 0. The van der Waals surface area contributed by atoms with Gasteiger partial charge in [0.15, 0.2) is 0 Å². The molecule has 0 unspecified atom stereocenters. The molecule has 1 aromatic heterocycles. The molecule has 0 aliphatic carbocycles. The van der Waals surface area contributed by atoms with E-state index < -0.39 is 42.9 Å². The van der Waals surface area contributed by atoms with E-state index in [2.05, 4.69) is 9.72 Å². The van der Waals surface area contributed by atoms with Crippen molar-refractivity contribution < 1.29 is 31.8 Å². The number of pyridine rings is 1. The first-order chi connectivity index (χ1) is 8.30. The summed E-state index contributed by atoms with van der Waals surface area (Å²) in [6.07, 6.45) is -7.55. The molecule has 4 nitrogen and oxygen atoms in total. The number of alkyl halides is 5. The van der Waals surface area contributed by atoms with Crippen LogP contribution in [0.1, 0.15) is 23.2 Å². The minimum Gasteiger partial charge on any atom is -0.405 e. The second kappa shape index (κ2) is 5.44. The van der Waals surface area contributed by atoms with Gasteiger partial charge in [-0.15, -0.1) is 13.2 Å². The van der Waals surface area contributed by atoms with Gasteiger partial charge in [-0.05, 0) is 0 Å². The van der Waals surface area contributed by atoms with Crippen LogP contribution >= 0.6 is 0 Å². The lowest BCUT2D eigenvalue weighted by molar-refractivity contribution is -0.275. The number of nitrogens with two attached hydrogens (primary N) is 1. The van der Waals surface area contributed by atoms with Crippen LogP contribution in [0.5, 0.6) is 5.75 Å². The van der Waals surface area contributed by atoms with E-state index in [1.165, 1.54) is 0 Å².